The van der Waals surface area contributed by atoms with Crippen LogP contribution in [0.25, 0.3) is 22.3 Å². The van der Waals surface area contributed by atoms with Crippen LogP contribution in [0.5, 0.6) is 0 Å². The summed E-state index contributed by atoms with van der Waals surface area (Å²) in [7, 11) is 0. The first-order valence-corrected chi connectivity index (χ1v) is 10.8. The molecule has 4 N–H and O–H groups in total. The van der Waals surface area contributed by atoms with Crippen LogP contribution in [0.4, 0.5) is 19.0 Å². The van der Waals surface area contributed by atoms with E-state index in [4.69, 9.17) is 0 Å². The fourth-order valence-corrected chi connectivity index (χ4v) is 4.33. The van der Waals surface area contributed by atoms with Crippen LogP contribution in [0.3, 0.4) is 0 Å². The summed E-state index contributed by atoms with van der Waals surface area (Å²) in [6.07, 6.45) is 5.74. The molecule has 1 aliphatic carbocycles. The molecule has 1 saturated carbocycles. The quantitative estimate of drug-likeness (QED) is 0.353. The van der Waals surface area contributed by atoms with Gasteiger partial charge in [-0.25, -0.2) is 23.1 Å². The zero-order chi connectivity index (χ0) is 23.8. The van der Waals surface area contributed by atoms with Crippen LogP contribution in [0.2, 0.25) is 0 Å². The van der Waals surface area contributed by atoms with Crippen molar-refractivity contribution in [2.45, 2.75) is 44.7 Å². The molecule has 12 heteroatoms. The van der Waals surface area contributed by atoms with E-state index in [1.807, 2.05) is 0 Å². The van der Waals surface area contributed by atoms with Crippen LogP contribution >= 0.6 is 0 Å². The summed E-state index contributed by atoms with van der Waals surface area (Å²) in [6, 6.07) is 1.70. The van der Waals surface area contributed by atoms with Crippen molar-refractivity contribution in [3.8, 4) is 11.4 Å². The third-order valence-electron chi connectivity index (χ3n) is 5.96. The lowest BCUT2D eigenvalue weighted by Gasteiger charge is -2.30. The van der Waals surface area contributed by atoms with E-state index in [1.54, 1.807) is 0 Å². The van der Waals surface area contributed by atoms with Gasteiger partial charge in [-0.2, -0.15) is 15.4 Å². The van der Waals surface area contributed by atoms with E-state index in [2.05, 4.69) is 41.0 Å². The van der Waals surface area contributed by atoms with Crippen molar-refractivity contribution in [3.05, 3.63) is 53.4 Å². The zero-order valence-corrected chi connectivity index (χ0v) is 18.1. The second-order valence-electron chi connectivity index (χ2n) is 8.34. The Labute approximate surface area is 191 Å². The molecule has 0 spiro atoms. The first-order valence-electron chi connectivity index (χ1n) is 10.8. The molecule has 176 valence electrons. The van der Waals surface area contributed by atoms with Gasteiger partial charge in [0, 0.05) is 35.3 Å². The number of hydrogen-bond acceptors (Lipinski definition) is 6. The van der Waals surface area contributed by atoms with E-state index in [0.29, 0.717) is 12.0 Å². The fraction of sp³-hybridized carbons (Fsp3) is 0.318. The Morgan fingerprint density at radius 3 is 2.76 bits per heavy atom. The topological polar surface area (TPSA) is 124 Å². The standard InChI is InChI=1S/C22H21F3N8O/c1-10-18(25)21(29-12-3-2-4-13(7-12)30-22(34)17-9-27-33-32-17)31-20(28-10)15-8-26-19-14(15)5-11(23)6-16(19)24/h5-6,8-9,12-13,26H,2-4,7H2,1H3,(H,30,34)(H,27,32,33)(H,28,29,31)/t12-,13+/m0/s1. The number of benzene rings is 1. The van der Waals surface area contributed by atoms with Crippen molar-refractivity contribution in [2.24, 2.45) is 0 Å². The van der Waals surface area contributed by atoms with E-state index in [9.17, 15) is 18.0 Å². The number of nitrogens with zero attached hydrogens (tertiary/aromatic N) is 4. The van der Waals surface area contributed by atoms with Gasteiger partial charge in [0.2, 0.25) is 0 Å². The van der Waals surface area contributed by atoms with Crippen LogP contribution in [0.15, 0.2) is 24.5 Å². The van der Waals surface area contributed by atoms with E-state index < -0.39 is 17.5 Å². The molecule has 0 saturated heterocycles. The lowest BCUT2D eigenvalue weighted by molar-refractivity contribution is 0.0921. The number of halogens is 3. The molecule has 2 atom stereocenters. The van der Waals surface area contributed by atoms with E-state index in [0.717, 1.165) is 25.3 Å². The van der Waals surface area contributed by atoms with Gasteiger partial charge in [0.05, 0.1) is 17.4 Å². The van der Waals surface area contributed by atoms with Gasteiger partial charge in [0.1, 0.15) is 11.6 Å². The van der Waals surface area contributed by atoms with Crippen molar-refractivity contribution in [1.29, 1.82) is 0 Å². The number of carbonyl (C=O) groups is 1. The summed E-state index contributed by atoms with van der Waals surface area (Å²) >= 11 is 0. The van der Waals surface area contributed by atoms with Crippen LogP contribution in [0.1, 0.15) is 41.9 Å². The number of H-pyrrole nitrogens is 2. The van der Waals surface area contributed by atoms with Crippen molar-refractivity contribution in [2.75, 3.05) is 5.32 Å². The number of aromatic amines is 2. The SMILES string of the molecule is Cc1nc(-c2c[nH]c3c(F)cc(F)cc23)nc(N[C@H]2CCC[C@@H](NC(=O)c3cn[nH]n3)C2)c1F. The van der Waals surface area contributed by atoms with E-state index in [1.165, 1.54) is 25.4 Å². The summed E-state index contributed by atoms with van der Waals surface area (Å²) < 4.78 is 42.8. The van der Waals surface area contributed by atoms with Crippen LogP contribution in [0, 0.1) is 24.4 Å². The lowest BCUT2D eigenvalue weighted by Crippen LogP contribution is -2.42. The highest BCUT2D eigenvalue weighted by atomic mass is 19.1. The molecular weight excluding hydrogens is 449 g/mol. The third-order valence-corrected chi connectivity index (χ3v) is 5.96. The van der Waals surface area contributed by atoms with Gasteiger partial charge < -0.3 is 15.6 Å². The second-order valence-corrected chi connectivity index (χ2v) is 8.34. The van der Waals surface area contributed by atoms with E-state index in [-0.39, 0.29) is 51.9 Å². The number of anilines is 1. The van der Waals surface area contributed by atoms with Crippen molar-refractivity contribution in [1.82, 2.24) is 35.7 Å². The molecule has 3 heterocycles. The predicted molar refractivity (Wildman–Crippen MR) is 117 cm³/mol. The Morgan fingerprint density at radius 1 is 1.15 bits per heavy atom. The normalized spacial score (nSPS) is 18.2. The number of rotatable bonds is 5. The molecule has 0 aliphatic heterocycles. The molecule has 0 radical (unpaired) electrons. The molecule has 34 heavy (non-hydrogen) atoms. The number of aryl methyl sites for hydroxylation is 1. The Bertz CT molecular complexity index is 1350. The maximum atomic E-state index is 14.9. The number of nitrogens with one attached hydrogen (secondary N) is 4. The van der Waals surface area contributed by atoms with Crippen LogP contribution in [-0.2, 0) is 0 Å². The third kappa shape index (κ3) is 4.18. The smallest absolute Gasteiger partial charge is 0.273 e. The number of hydrogen-bond donors (Lipinski definition) is 4. The van der Waals surface area contributed by atoms with Gasteiger partial charge >= 0.3 is 0 Å². The summed E-state index contributed by atoms with van der Waals surface area (Å²) in [4.78, 5) is 23.6. The van der Waals surface area contributed by atoms with Gasteiger partial charge in [-0.3, -0.25) is 4.79 Å². The summed E-state index contributed by atoms with van der Waals surface area (Å²) in [6.45, 7) is 1.50. The molecule has 5 rings (SSSR count). The van der Waals surface area contributed by atoms with Gasteiger partial charge in [0.15, 0.2) is 23.2 Å². The Morgan fingerprint density at radius 2 is 1.97 bits per heavy atom. The Kier molecular flexibility index (Phi) is 5.64. The van der Waals surface area contributed by atoms with Gasteiger partial charge in [0.25, 0.3) is 5.91 Å². The highest BCUT2D eigenvalue weighted by Gasteiger charge is 2.26. The monoisotopic (exact) mass is 470 g/mol. The highest BCUT2D eigenvalue weighted by Crippen LogP contribution is 2.31. The first kappa shape index (κ1) is 21.9. The number of carbonyl (C=O) groups excluding carboxylic acids is 1. The predicted octanol–water partition coefficient (Wildman–Crippen LogP) is 3.62. The first-order chi connectivity index (χ1) is 16.4. The second kappa shape index (κ2) is 8.76. The Hall–Kier alpha value is -3.96. The molecule has 0 bridgehead atoms. The number of fused-ring (bicyclic) bond motifs is 1. The van der Waals surface area contributed by atoms with Gasteiger partial charge in [-0.05, 0) is 38.7 Å². The van der Waals surface area contributed by atoms with Crippen LogP contribution in [-0.4, -0.2) is 48.4 Å². The molecular formula is C22H21F3N8O. The minimum Gasteiger partial charge on any atom is -0.365 e. The molecule has 0 unspecified atom stereocenters. The van der Waals surface area contributed by atoms with Crippen LogP contribution < -0.4 is 10.6 Å². The largest absolute Gasteiger partial charge is 0.365 e. The average Bonchev–Trinajstić information content (AvgIpc) is 3.47. The molecule has 1 amide bonds. The van der Waals surface area contributed by atoms with Gasteiger partial charge in [-0.1, -0.05) is 0 Å². The average molecular weight is 470 g/mol. The lowest BCUT2D eigenvalue weighted by atomic mass is 9.91. The maximum Gasteiger partial charge on any atom is 0.273 e. The van der Waals surface area contributed by atoms with Crippen molar-refractivity contribution in [3.63, 3.8) is 0 Å². The highest BCUT2D eigenvalue weighted by molar-refractivity contribution is 5.94. The molecule has 1 aromatic carbocycles. The molecule has 1 fully saturated rings. The number of amides is 1. The molecule has 1 aliphatic rings. The minimum atomic E-state index is -0.737. The summed E-state index contributed by atoms with van der Waals surface area (Å²) in [5, 5.41) is 16.1. The summed E-state index contributed by atoms with van der Waals surface area (Å²) in [5.74, 6) is -2.26. The number of aromatic nitrogens is 6. The molecule has 4 aromatic rings. The molecule has 9 nitrogen and oxygen atoms in total. The fourth-order valence-electron chi connectivity index (χ4n) is 4.33. The zero-order valence-electron chi connectivity index (χ0n) is 18.1. The van der Waals surface area contributed by atoms with Gasteiger partial charge in [-0.15, -0.1) is 0 Å². The minimum absolute atomic E-state index is 0.00204. The van der Waals surface area contributed by atoms with Crippen molar-refractivity contribution >= 4 is 22.6 Å². The summed E-state index contributed by atoms with van der Waals surface area (Å²) in [5.41, 5.74) is 0.782. The van der Waals surface area contributed by atoms with E-state index >= 15 is 0 Å². The van der Waals surface area contributed by atoms with Crippen molar-refractivity contribution < 1.29 is 18.0 Å². The molecule has 3 aromatic heterocycles. The maximum absolute atomic E-state index is 14.9. The Balaban J connectivity index is 1.38.